The molecule has 0 saturated heterocycles. The molecule has 0 aromatic heterocycles. The molecule has 82 valence electrons. The molecule has 15 heavy (non-hydrogen) atoms. The Bertz CT molecular complexity index is 336. The highest BCUT2D eigenvalue weighted by atomic mass is 16.5. The van der Waals surface area contributed by atoms with Crippen molar-refractivity contribution in [3.8, 4) is 0 Å². The van der Waals surface area contributed by atoms with Crippen LogP contribution < -0.4 is 5.73 Å². The van der Waals surface area contributed by atoms with E-state index < -0.39 is 0 Å². The van der Waals surface area contributed by atoms with E-state index in [0.29, 0.717) is 6.61 Å². The molecule has 0 bridgehead atoms. The standard InChI is InChI=1S/C12H17NO2/c1-3-15-12(14)11(8-13)10-6-4-5-9(2)7-10/h4-7,11H,3,8,13H2,1-2H3. The van der Waals surface area contributed by atoms with Crippen molar-refractivity contribution in [2.45, 2.75) is 19.8 Å². The predicted molar refractivity (Wildman–Crippen MR) is 59.6 cm³/mol. The fourth-order valence-electron chi connectivity index (χ4n) is 1.50. The first kappa shape index (κ1) is 11.7. The van der Waals surface area contributed by atoms with Gasteiger partial charge in [-0.15, -0.1) is 0 Å². The molecule has 3 heteroatoms. The van der Waals surface area contributed by atoms with Crippen LogP contribution in [-0.4, -0.2) is 19.1 Å². The fourth-order valence-corrected chi connectivity index (χ4v) is 1.50. The van der Waals surface area contributed by atoms with Gasteiger partial charge < -0.3 is 10.5 Å². The van der Waals surface area contributed by atoms with Crippen molar-refractivity contribution in [1.29, 1.82) is 0 Å². The Morgan fingerprint density at radius 3 is 2.80 bits per heavy atom. The summed E-state index contributed by atoms with van der Waals surface area (Å²) in [6.07, 6.45) is 0. The Morgan fingerprint density at radius 2 is 2.27 bits per heavy atom. The minimum absolute atomic E-state index is 0.245. The van der Waals surface area contributed by atoms with Gasteiger partial charge in [-0.2, -0.15) is 0 Å². The summed E-state index contributed by atoms with van der Waals surface area (Å²) in [4.78, 5) is 11.6. The van der Waals surface area contributed by atoms with Crippen LogP contribution in [0.1, 0.15) is 24.0 Å². The SMILES string of the molecule is CCOC(=O)C(CN)c1cccc(C)c1. The minimum atomic E-state index is -0.343. The number of aryl methyl sites for hydroxylation is 1. The number of hydrogen-bond acceptors (Lipinski definition) is 3. The van der Waals surface area contributed by atoms with Crippen LogP contribution in [0.15, 0.2) is 24.3 Å². The summed E-state index contributed by atoms with van der Waals surface area (Å²) >= 11 is 0. The maximum absolute atomic E-state index is 11.6. The van der Waals surface area contributed by atoms with E-state index in [1.54, 1.807) is 6.92 Å². The minimum Gasteiger partial charge on any atom is -0.465 e. The van der Waals surface area contributed by atoms with E-state index in [4.69, 9.17) is 10.5 Å². The Balaban J connectivity index is 2.87. The Labute approximate surface area is 90.2 Å². The highest BCUT2D eigenvalue weighted by Gasteiger charge is 2.19. The molecule has 0 fully saturated rings. The Morgan fingerprint density at radius 1 is 1.53 bits per heavy atom. The van der Waals surface area contributed by atoms with Gasteiger partial charge in [0.25, 0.3) is 0 Å². The average molecular weight is 207 g/mol. The zero-order valence-electron chi connectivity index (χ0n) is 9.19. The Hall–Kier alpha value is -1.35. The molecule has 0 aliphatic carbocycles. The molecule has 0 heterocycles. The van der Waals surface area contributed by atoms with Crippen molar-refractivity contribution in [3.63, 3.8) is 0 Å². The van der Waals surface area contributed by atoms with E-state index in [1.165, 1.54) is 0 Å². The molecule has 2 N–H and O–H groups in total. The second kappa shape index (κ2) is 5.51. The monoisotopic (exact) mass is 207 g/mol. The topological polar surface area (TPSA) is 52.3 Å². The molecule has 0 aliphatic rings. The largest absolute Gasteiger partial charge is 0.465 e. The van der Waals surface area contributed by atoms with Gasteiger partial charge in [0.1, 0.15) is 0 Å². The maximum Gasteiger partial charge on any atom is 0.314 e. The fraction of sp³-hybridized carbons (Fsp3) is 0.417. The molecular weight excluding hydrogens is 190 g/mol. The van der Waals surface area contributed by atoms with Crippen molar-refractivity contribution < 1.29 is 9.53 Å². The molecule has 0 amide bonds. The number of hydrogen-bond donors (Lipinski definition) is 1. The predicted octanol–water partition coefficient (Wildman–Crippen LogP) is 1.60. The third-order valence-electron chi connectivity index (χ3n) is 2.25. The number of ether oxygens (including phenoxy) is 1. The second-order valence-corrected chi connectivity index (χ2v) is 3.45. The van der Waals surface area contributed by atoms with Gasteiger partial charge >= 0.3 is 5.97 Å². The van der Waals surface area contributed by atoms with Crippen molar-refractivity contribution in [3.05, 3.63) is 35.4 Å². The molecule has 1 atom stereocenters. The van der Waals surface area contributed by atoms with Gasteiger partial charge in [-0.25, -0.2) is 0 Å². The molecule has 0 saturated carbocycles. The summed E-state index contributed by atoms with van der Waals surface area (Å²) < 4.78 is 4.97. The summed E-state index contributed by atoms with van der Waals surface area (Å²) in [5.74, 6) is -0.588. The lowest BCUT2D eigenvalue weighted by molar-refractivity contribution is -0.144. The van der Waals surface area contributed by atoms with E-state index in [-0.39, 0.29) is 18.4 Å². The van der Waals surface area contributed by atoms with Crippen molar-refractivity contribution >= 4 is 5.97 Å². The summed E-state index contributed by atoms with van der Waals surface area (Å²) in [5, 5.41) is 0. The molecule has 1 rings (SSSR count). The Kier molecular flexibility index (Phi) is 4.31. The van der Waals surface area contributed by atoms with Gasteiger partial charge in [0.2, 0.25) is 0 Å². The van der Waals surface area contributed by atoms with E-state index in [9.17, 15) is 4.79 Å². The van der Waals surface area contributed by atoms with Crippen LogP contribution in [0.3, 0.4) is 0 Å². The quantitative estimate of drug-likeness (QED) is 0.763. The molecule has 1 aromatic carbocycles. The molecule has 0 spiro atoms. The molecule has 3 nitrogen and oxygen atoms in total. The average Bonchev–Trinajstić information content (AvgIpc) is 2.19. The normalized spacial score (nSPS) is 12.2. The summed E-state index contributed by atoms with van der Waals surface area (Å²) in [6, 6.07) is 7.78. The number of carbonyl (C=O) groups excluding carboxylic acids is 1. The highest BCUT2D eigenvalue weighted by molar-refractivity contribution is 5.78. The summed E-state index contributed by atoms with van der Waals surface area (Å²) in [5.41, 5.74) is 7.63. The van der Waals surface area contributed by atoms with Crippen LogP contribution >= 0.6 is 0 Å². The second-order valence-electron chi connectivity index (χ2n) is 3.45. The molecule has 1 unspecified atom stereocenters. The van der Waals surface area contributed by atoms with E-state index in [0.717, 1.165) is 11.1 Å². The van der Waals surface area contributed by atoms with Gasteiger partial charge in [-0.05, 0) is 19.4 Å². The van der Waals surface area contributed by atoms with Crippen LogP contribution in [-0.2, 0) is 9.53 Å². The highest BCUT2D eigenvalue weighted by Crippen LogP contribution is 2.17. The van der Waals surface area contributed by atoms with Gasteiger partial charge in [0, 0.05) is 6.54 Å². The van der Waals surface area contributed by atoms with Crippen LogP contribution in [0.5, 0.6) is 0 Å². The van der Waals surface area contributed by atoms with Crippen molar-refractivity contribution in [2.24, 2.45) is 5.73 Å². The first-order valence-electron chi connectivity index (χ1n) is 5.12. The lowest BCUT2D eigenvalue weighted by Crippen LogP contribution is -2.23. The van der Waals surface area contributed by atoms with E-state index >= 15 is 0 Å². The third-order valence-corrected chi connectivity index (χ3v) is 2.25. The number of esters is 1. The molecule has 0 radical (unpaired) electrons. The zero-order chi connectivity index (χ0) is 11.3. The number of benzene rings is 1. The lowest BCUT2D eigenvalue weighted by Gasteiger charge is -2.14. The van der Waals surface area contributed by atoms with Crippen LogP contribution in [0, 0.1) is 6.92 Å². The smallest absolute Gasteiger partial charge is 0.314 e. The number of rotatable bonds is 4. The van der Waals surface area contributed by atoms with E-state index in [2.05, 4.69) is 0 Å². The number of nitrogens with two attached hydrogens (primary N) is 1. The van der Waals surface area contributed by atoms with Crippen LogP contribution in [0.2, 0.25) is 0 Å². The van der Waals surface area contributed by atoms with Gasteiger partial charge in [-0.3, -0.25) is 4.79 Å². The van der Waals surface area contributed by atoms with Crippen LogP contribution in [0.4, 0.5) is 0 Å². The van der Waals surface area contributed by atoms with Gasteiger partial charge in [0.05, 0.1) is 12.5 Å². The number of carbonyl (C=O) groups is 1. The van der Waals surface area contributed by atoms with Gasteiger partial charge in [0.15, 0.2) is 0 Å². The first-order valence-corrected chi connectivity index (χ1v) is 5.12. The zero-order valence-corrected chi connectivity index (χ0v) is 9.19. The summed E-state index contributed by atoms with van der Waals surface area (Å²) in [7, 11) is 0. The molecule has 0 aliphatic heterocycles. The van der Waals surface area contributed by atoms with Crippen molar-refractivity contribution in [1.82, 2.24) is 0 Å². The lowest BCUT2D eigenvalue weighted by atomic mass is 9.98. The molecular formula is C12H17NO2. The van der Waals surface area contributed by atoms with Crippen molar-refractivity contribution in [2.75, 3.05) is 13.2 Å². The van der Waals surface area contributed by atoms with Gasteiger partial charge in [-0.1, -0.05) is 29.8 Å². The molecule has 1 aromatic rings. The summed E-state index contributed by atoms with van der Waals surface area (Å²) in [6.45, 7) is 4.45. The first-order chi connectivity index (χ1) is 7.19. The van der Waals surface area contributed by atoms with Crippen LogP contribution in [0.25, 0.3) is 0 Å². The third kappa shape index (κ3) is 3.06. The maximum atomic E-state index is 11.6. The van der Waals surface area contributed by atoms with E-state index in [1.807, 2.05) is 31.2 Å².